The highest BCUT2D eigenvalue weighted by atomic mass is 19.2. The average Bonchev–Trinajstić information content (AvgIpc) is 2.46. The van der Waals surface area contributed by atoms with E-state index in [4.69, 9.17) is 0 Å². The molecule has 1 unspecified atom stereocenters. The van der Waals surface area contributed by atoms with Gasteiger partial charge in [-0.25, -0.2) is 13.2 Å². The van der Waals surface area contributed by atoms with Crippen LogP contribution in [0.1, 0.15) is 50.6 Å². The third-order valence-electron chi connectivity index (χ3n) is 4.62. The van der Waals surface area contributed by atoms with Gasteiger partial charge in [0.25, 0.3) is 0 Å². The molecule has 2 rings (SSSR count). The molecular formula is C16H22F3N. The van der Waals surface area contributed by atoms with Crippen LogP contribution in [0.2, 0.25) is 0 Å². The zero-order valence-electron chi connectivity index (χ0n) is 12.1. The van der Waals surface area contributed by atoms with E-state index >= 15 is 0 Å². The maximum absolute atomic E-state index is 13.4. The fourth-order valence-electron chi connectivity index (χ4n) is 3.36. The van der Waals surface area contributed by atoms with Crippen molar-refractivity contribution in [1.82, 2.24) is 5.32 Å². The van der Waals surface area contributed by atoms with E-state index in [9.17, 15) is 13.2 Å². The Morgan fingerprint density at radius 1 is 1.10 bits per heavy atom. The minimum absolute atomic E-state index is 0.114. The molecule has 0 saturated heterocycles. The molecule has 0 radical (unpaired) electrons. The van der Waals surface area contributed by atoms with Crippen molar-refractivity contribution < 1.29 is 13.2 Å². The van der Waals surface area contributed by atoms with Crippen LogP contribution < -0.4 is 5.32 Å². The van der Waals surface area contributed by atoms with Crippen LogP contribution in [0.25, 0.3) is 0 Å². The van der Waals surface area contributed by atoms with Crippen LogP contribution in [0.15, 0.2) is 12.1 Å². The van der Waals surface area contributed by atoms with Crippen LogP contribution in [-0.4, -0.2) is 7.05 Å². The zero-order chi connectivity index (χ0) is 14.7. The van der Waals surface area contributed by atoms with E-state index < -0.39 is 17.5 Å². The molecule has 1 N–H and O–H groups in total. The Labute approximate surface area is 118 Å². The first-order valence-corrected chi connectivity index (χ1v) is 7.38. The summed E-state index contributed by atoms with van der Waals surface area (Å²) < 4.78 is 39.8. The summed E-state index contributed by atoms with van der Waals surface area (Å²) in [7, 11) is 1.79. The monoisotopic (exact) mass is 285 g/mol. The van der Waals surface area contributed by atoms with Crippen molar-refractivity contribution in [2.75, 3.05) is 7.05 Å². The summed E-state index contributed by atoms with van der Waals surface area (Å²) in [5, 5.41) is 3.14. The fraction of sp³-hybridized carbons (Fsp3) is 0.625. The normalized spacial score (nSPS) is 24.6. The summed E-state index contributed by atoms with van der Waals surface area (Å²) in [6, 6.07) is 2.12. The molecule has 112 valence electrons. The smallest absolute Gasteiger partial charge is 0.194 e. The van der Waals surface area contributed by atoms with Gasteiger partial charge in [0.2, 0.25) is 0 Å². The molecule has 1 saturated carbocycles. The summed E-state index contributed by atoms with van der Waals surface area (Å²) >= 11 is 0. The van der Waals surface area contributed by atoms with Crippen molar-refractivity contribution >= 4 is 0 Å². The first-order chi connectivity index (χ1) is 9.56. The van der Waals surface area contributed by atoms with Gasteiger partial charge in [0.05, 0.1) is 0 Å². The molecule has 1 aliphatic carbocycles. The molecule has 4 heteroatoms. The van der Waals surface area contributed by atoms with Gasteiger partial charge in [-0.05, 0) is 49.4 Å². The van der Waals surface area contributed by atoms with Gasteiger partial charge in [-0.3, -0.25) is 0 Å². The first kappa shape index (κ1) is 15.4. The number of hydrogen-bond donors (Lipinski definition) is 1. The standard InChI is InChI=1S/C16H22F3N/c1-3-10-4-6-11(7-5-10)16(20-2)12-8-13(17)15(19)14(18)9-12/h8-11,16,20H,3-7H2,1-2H3. The van der Waals surface area contributed by atoms with Crippen LogP contribution in [0, 0.1) is 29.3 Å². The first-order valence-electron chi connectivity index (χ1n) is 7.38. The Balaban J connectivity index is 2.16. The minimum Gasteiger partial charge on any atom is -0.313 e. The largest absolute Gasteiger partial charge is 0.313 e. The molecule has 0 heterocycles. The Morgan fingerprint density at radius 3 is 2.10 bits per heavy atom. The van der Waals surface area contributed by atoms with Crippen LogP contribution in [0.3, 0.4) is 0 Å². The molecule has 1 aromatic carbocycles. The Morgan fingerprint density at radius 2 is 1.65 bits per heavy atom. The van der Waals surface area contributed by atoms with E-state index in [1.165, 1.54) is 6.42 Å². The highest BCUT2D eigenvalue weighted by Crippen LogP contribution is 2.38. The molecule has 1 fully saturated rings. The van der Waals surface area contributed by atoms with Gasteiger partial charge in [-0.1, -0.05) is 26.2 Å². The molecule has 0 amide bonds. The third kappa shape index (κ3) is 3.17. The van der Waals surface area contributed by atoms with Crippen molar-refractivity contribution in [2.24, 2.45) is 11.8 Å². The molecule has 0 bridgehead atoms. The molecule has 20 heavy (non-hydrogen) atoms. The van der Waals surface area contributed by atoms with Gasteiger partial charge in [0.15, 0.2) is 17.5 Å². The van der Waals surface area contributed by atoms with Crippen LogP contribution in [0.4, 0.5) is 13.2 Å². The summed E-state index contributed by atoms with van der Waals surface area (Å²) in [5.41, 5.74) is 0.504. The lowest BCUT2D eigenvalue weighted by molar-refractivity contribution is 0.223. The molecule has 1 aliphatic rings. The SMILES string of the molecule is CCC1CCC(C(NC)c2cc(F)c(F)c(F)c2)CC1. The number of nitrogens with one attached hydrogen (secondary N) is 1. The molecular weight excluding hydrogens is 263 g/mol. The number of benzene rings is 1. The van der Waals surface area contributed by atoms with Gasteiger partial charge < -0.3 is 5.32 Å². The summed E-state index contributed by atoms with van der Waals surface area (Å²) in [5.74, 6) is -2.49. The van der Waals surface area contributed by atoms with Crippen molar-refractivity contribution in [1.29, 1.82) is 0 Å². The average molecular weight is 285 g/mol. The van der Waals surface area contributed by atoms with Crippen molar-refractivity contribution in [3.8, 4) is 0 Å². The predicted molar refractivity (Wildman–Crippen MR) is 73.9 cm³/mol. The van der Waals surface area contributed by atoms with Crippen molar-refractivity contribution in [2.45, 2.75) is 45.1 Å². The van der Waals surface area contributed by atoms with Crippen LogP contribution in [0.5, 0.6) is 0 Å². The van der Waals surface area contributed by atoms with E-state index in [0.717, 1.165) is 43.7 Å². The predicted octanol–water partition coefficient (Wildman–Crippen LogP) is 4.58. The molecule has 0 aromatic heterocycles. The Hall–Kier alpha value is -1.03. The molecule has 1 atom stereocenters. The van der Waals surface area contributed by atoms with E-state index in [2.05, 4.69) is 12.2 Å². The van der Waals surface area contributed by atoms with Gasteiger partial charge in [-0.15, -0.1) is 0 Å². The quantitative estimate of drug-likeness (QED) is 0.798. The van der Waals surface area contributed by atoms with Crippen LogP contribution in [-0.2, 0) is 0 Å². The van der Waals surface area contributed by atoms with Crippen molar-refractivity contribution in [3.05, 3.63) is 35.1 Å². The second-order valence-corrected chi connectivity index (χ2v) is 5.75. The van der Waals surface area contributed by atoms with E-state index in [0.29, 0.717) is 11.5 Å². The second kappa shape index (κ2) is 6.61. The maximum atomic E-state index is 13.4. The summed E-state index contributed by atoms with van der Waals surface area (Å²) in [4.78, 5) is 0. The minimum atomic E-state index is -1.39. The maximum Gasteiger partial charge on any atom is 0.194 e. The van der Waals surface area contributed by atoms with Crippen LogP contribution >= 0.6 is 0 Å². The highest BCUT2D eigenvalue weighted by molar-refractivity contribution is 5.23. The third-order valence-corrected chi connectivity index (χ3v) is 4.62. The van der Waals surface area contributed by atoms with Gasteiger partial charge >= 0.3 is 0 Å². The molecule has 1 aromatic rings. The van der Waals surface area contributed by atoms with E-state index in [-0.39, 0.29) is 6.04 Å². The lowest BCUT2D eigenvalue weighted by Gasteiger charge is -2.33. The fourth-order valence-corrected chi connectivity index (χ4v) is 3.36. The topological polar surface area (TPSA) is 12.0 Å². The number of hydrogen-bond acceptors (Lipinski definition) is 1. The Kier molecular flexibility index (Phi) is 5.08. The van der Waals surface area contributed by atoms with E-state index in [1.807, 2.05) is 0 Å². The molecule has 0 aliphatic heterocycles. The summed E-state index contributed by atoms with van der Waals surface area (Å²) in [6.45, 7) is 2.20. The zero-order valence-corrected chi connectivity index (χ0v) is 12.1. The highest BCUT2D eigenvalue weighted by Gasteiger charge is 2.28. The van der Waals surface area contributed by atoms with Gasteiger partial charge in [0, 0.05) is 6.04 Å². The van der Waals surface area contributed by atoms with Crippen molar-refractivity contribution in [3.63, 3.8) is 0 Å². The van der Waals surface area contributed by atoms with E-state index in [1.54, 1.807) is 7.05 Å². The number of halogens is 3. The van der Waals surface area contributed by atoms with Gasteiger partial charge in [-0.2, -0.15) is 0 Å². The lowest BCUT2D eigenvalue weighted by atomic mass is 9.76. The Bertz CT molecular complexity index is 430. The lowest BCUT2D eigenvalue weighted by Crippen LogP contribution is -2.29. The van der Waals surface area contributed by atoms with Gasteiger partial charge in [0.1, 0.15) is 0 Å². The number of rotatable bonds is 4. The molecule has 0 spiro atoms. The molecule has 1 nitrogen and oxygen atoms in total. The summed E-state index contributed by atoms with van der Waals surface area (Å²) in [6.07, 6.45) is 5.60. The second-order valence-electron chi connectivity index (χ2n) is 5.75.